The molecule has 1 aromatic rings. The first kappa shape index (κ1) is 20.0. The minimum absolute atomic E-state index is 0.155. The molecule has 0 aliphatic carbocycles. The van der Waals surface area contributed by atoms with E-state index in [0.29, 0.717) is 6.42 Å². The van der Waals surface area contributed by atoms with Crippen LogP contribution in [0.1, 0.15) is 38.7 Å². The van der Waals surface area contributed by atoms with E-state index < -0.39 is 35.9 Å². The normalized spacial score (nSPS) is 13.4. The van der Waals surface area contributed by atoms with Crippen LogP contribution in [0.4, 0.5) is 13.2 Å². The van der Waals surface area contributed by atoms with Gasteiger partial charge in [0.1, 0.15) is 0 Å². The third-order valence-electron chi connectivity index (χ3n) is 3.77. The molecule has 0 aliphatic rings. The van der Waals surface area contributed by atoms with Crippen molar-refractivity contribution in [2.24, 2.45) is 5.41 Å². The average Bonchev–Trinajstić information content (AvgIpc) is 2.44. The highest BCUT2D eigenvalue weighted by Gasteiger charge is 2.48. The third-order valence-corrected chi connectivity index (χ3v) is 3.77. The minimum atomic E-state index is -4.49. The van der Waals surface area contributed by atoms with E-state index in [1.54, 1.807) is 12.1 Å². The molecule has 134 valence electrons. The standard InChI is InChI=1S/C17H22F3NO3/c1-16(2,17(18,19)20)11-14(22)21-13(8-9-15(23)24)10-12-6-4-3-5-7-12/h3-7,13H,8-11H2,1-2H3,(H,21,22)(H,23,24). The highest BCUT2D eigenvalue weighted by molar-refractivity contribution is 5.77. The number of hydrogen-bond acceptors (Lipinski definition) is 2. The van der Waals surface area contributed by atoms with Crippen LogP contribution < -0.4 is 5.32 Å². The zero-order chi connectivity index (χ0) is 18.4. The molecule has 0 aromatic heterocycles. The number of carbonyl (C=O) groups excluding carboxylic acids is 1. The van der Waals surface area contributed by atoms with Gasteiger partial charge in [0.25, 0.3) is 0 Å². The quantitative estimate of drug-likeness (QED) is 0.757. The lowest BCUT2D eigenvalue weighted by molar-refractivity contribution is -0.213. The third kappa shape index (κ3) is 6.60. The Kier molecular flexibility index (Phi) is 6.81. The topological polar surface area (TPSA) is 66.4 Å². The monoisotopic (exact) mass is 345 g/mol. The Morgan fingerprint density at radius 1 is 1.17 bits per heavy atom. The first-order chi connectivity index (χ1) is 11.0. The van der Waals surface area contributed by atoms with Crippen LogP contribution in [0.2, 0.25) is 0 Å². The molecule has 0 saturated heterocycles. The molecule has 1 unspecified atom stereocenters. The van der Waals surface area contributed by atoms with Gasteiger partial charge >= 0.3 is 12.1 Å². The first-order valence-corrected chi connectivity index (χ1v) is 7.63. The summed E-state index contributed by atoms with van der Waals surface area (Å²) in [4.78, 5) is 22.7. The van der Waals surface area contributed by atoms with E-state index in [1.165, 1.54) is 0 Å². The van der Waals surface area contributed by atoms with E-state index >= 15 is 0 Å². The van der Waals surface area contributed by atoms with Crippen molar-refractivity contribution in [3.63, 3.8) is 0 Å². The summed E-state index contributed by atoms with van der Waals surface area (Å²) in [5.41, 5.74) is -1.26. The fourth-order valence-electron chi connectivity index (χ4n) is 2.20. The number of nitrogens with one attached hydrogen (secondary N) is 1. The minimum Gasteiger partial charge on any atom is -0.481 e. The van der Waals surface area contributed by atoms with E-state index in [4.69, 9.17) is 5.11 Å². The Hall–Kier alpha value is -2.05. The second kappa shape index (κ2) is 8.17. The van der Waals surface area contributed by atoms with Gasteiger partial charge in [-0.3, -0.25) is 9.59 Å². The van der Waals surface area contributed by atoms with Crippen molar-refractivity contribution >= 4 is 11.9 Å². The molecule has 0 saturated carbocycles. The number of aliphatic carboxylic acids is 1. The molecular formula is C17H22F3NO3. The molecule has 0 heterocycles. The molecule has 1 amide bonds. The van der Waals surface area contributed by atoms with Crippen molar-refractivity contribution < 1.29 is 27.9 Å². The summed E-state index contributed by atoms with van der Waals surface area (Å²) in [6.45, 7) is 1.94. The number of benzene rings is 1. The van der Waals surface area contributed by atoms with Crippen LogP contribution in [0.3, 0.4) is 0 Å². The highest BCUT2D eigenvalue weighted by atomic mass is 19.4. The summed E-state index contributed by atoms with van der Waals surface area (Å²) < 4.78 is 38.6. The number of halogens is 3. The second-order valence-electron chi connectivity index (χ2n) is 6.44. The molecule has 0 bridgehead atoms. The number of carbonyl (C=O) groups is 2. The van der Waals surface area contributed by atoms with E-state index in [-0.39, 0.29) is 12.8 Å². The second-order valence-corrected chi connectivity index (χ2v) is 6.44. The summed E-state index contributed by atoms with van der Waals surface area (Å²) in [5.74, 6) is -1.75. The Morgan fingerprint density at radius 3 is 2.25 bits per heavy atom. The molecule has 2 N–H and O–H groups in total. The molecule has 1 rings (SSSR count). The number of rotatable bonds is 8. The van der Waals surface area contributed by atoms with Crippen molar-refractivity contribution in [3.05, 3.63) is 35.9 Å². The van der Waals surface area contributed by atoms with E-state index in [9.17, 15) is 22.8 Å². The van der Waals surface area contributed by atoms with Crippen LogP contribution in [0.25, 0.3) is 0 Å². The van der Waals surface area contributed by atoms with Crippen LogP contribution >= 0.6 is 0 Å². The van der Waals surface area contributed by atoms with Crippen LogP contribution in [-0.4, -0.2) is 29.2 Å². The highest BCUT2D eigenvalue weighted by Crippen LogP contribution is 2.40. The lowest BCUT2D eigenvalue weighted by Crippen LogP contribution is -2.42. The summed E-state index contributed by atoms with van der Waals surface area (Å²) in [6, 6.07) is 8.54. The number of carboxylic acids is 1. The van der Waals surface area contributed by atoms with Crippen LogP contribution in [0.5, 0.6) is 0 Å². The lowest BCUT2D eigenvalue weighted by atomic mass is 9.88. The van der Waals surface area contributed by atoms with Crippen molar-refractivity contribution in [2.45, 2.75) is 51.7 Å². The molecular weight excluding hydrogens is 323 g/mol. The summed E-state index contributed by atoms with van der Waals surface area (Å²) in [6.07, 6.45) is -4.83. The molecule has 0 aliphatic heterocycles. The first-order valence-electron chi connectivity index (χ1n) is 7.63. The van der Waals surface area contributed by atoms with Gasteiger partial charge in [-0.25, -0.2) is 0 Å². The Morgan fingerprint density at radius 2 is 1.75 bits per heavy atom. The number of alkyl halides is 3. The maximum Gasteiger partial charge on any atom is 0.394 e. The number of hydrogen-bond donors (Lipinski definition) is 2. The summed E-state index contributed by atoms with van der Waals surface area (Å²) in [7, 11) is 0. The van der Waals surface area contributed by atoms with Gasteiger partial charge in [-0.15, -0.1) is 0 Å². The Balaban J connectivity index is 2.73. The van der Waals surface area contributed by atoms with Gasteiger partial charge in [0, 0.05) is 18.9 Å². The average molecular weight is 345 g/mol. The number of carboxylic acid groups (broad SMARTS) is 1. The predicted molar refractivity (Wildman–Crippen MR) is 83.4 cm³/mol. The zero-order valence-electron chi connectivity index (χ0n) is 13.7. The van der Waals surface area contributed by atoms with E-state index in [2.05, 4.69) is 5.32 Å². The fraction of sp³-hybridized carbons (Fsp3) is 0.529. The molecule has 0 fully saturated rings. The van der Waals surface area contributed by atoms with E-state index in [0.717, 1.165) is 19.4 Å². The lowest BCUT2D eigenvalue weighted by Gasteiger charge is -2.28. The molecule has 7 heteroatoms. The van der Waals surface area contributed by atoms with Crippen molar-refractivity contribution in [1.82, 2.24) is 5.32 Å². The Labute approximate surface area is 139 Å². The van der Waals surface area contributed by atoms with Gasteiger partial charge in [0.05, 0.1) is 5.41 Å². The maximum atomic E-state index is 12.9. The van der Waals surface area contributed by atoms with Crippen LogP contribution in [0.15, 0.2) is 30.3 Å². The largest absolute Gasteiger partial charge is 0.481 e. The fourth-order valence-corrected chi connectivity index (χ4v) is 2.20. The Bertz CT molecular complexity index is 556. The summed E-state index contributed by atoms with van der Waals surface area (Å²) >= 11 is 0. The predicted octanol–water partition coefficient (Wildman–Crippen LogP) is 3.56. The van der Waals surface area contributed by atoms with Crippen molar-refractivity contribution in [2.75, 3.05) is 0 Å². The van der Waals surface area contributed by atoms with Crippen LogP contribution in [-0.2, 0) is 16.0 Å². The number of amides is 1. The molecule has 0 radical (unpaired) electrons. The smallest absolute Gasteiger partial charge is 0.394 e. The van der Waals surface area contributed by atoms with Gasteiger partial charge in [-0.2, -0.15) is 13.2 Å². The van der Waals surface area contributed by atoms with Gasteiger partial charge < -0.3 is 10.4 Å². The van der Waals surface area contributed by atoms with Gasteiger partial charge in [-0.1, -0.05) is 44.2 Å². The van der Waals surface area contributed by atoms with Crippen molar-refractivity contribution in [3.8, 4) is 0 Å². The molecule has 1 atom stereocenters. The van der Waals surface area contributed by atoms with Gasteiger partial charge in [-0.05, 0) is 18.4 Å². The summed E-state index contributed by atoms with van der Waals surface area (Å²) in [5, 5.41) is 11.3. The zero-order valence-corrected chi connectivity index (χ0v) is 13.7. The molecule has 1 aromatic carbocycles. The van der Waals surface area contributed by atoms with Crippen LogP contribution in [0, 0.1) is 5.41 Å². The van der Waals surface area contributed by atoms with Crippen molar-refractivity contribution in [1.29, 1.82) is 0 Å². The molecule has 0 spiro atoms. The van der Waals surface area contributed by atoms with E-state index in [1.807, 2.05) is 18.2 Å². The molecule has 24 heavy (non-hydrogen) atoms. The maximum absolute atomic E-state index is 12.9. The molecule has 4 nitrogen and oxygen atoms in total. The SMILES string of the molecule is CC(C)(CC(=O)NC(CCC(=O)O)Cc1ccccc1)C(F)(F)F. The van der Waals surface area contributed by atoms with Gasteiger partial charge in [0.15, 0.2) is 0 Å². The van der Waals surface area contributed by atoms with Gasteiger partial charge in [0.2, 0.25) is 5.91 Å².